The average Bonchev–Trinajstić information content (AvgIpc) is 3.22. The summed E-state index contributed by atoms with van der Waals surface area (Å²) in [7, 11) is 3.18. The van der Waals surface area contributed by atoms with Crippen LogP contribution < -0.4 is 14.8 Å². The van der Waals surface area contributed by atoms with E-state index in [0.717, 1.165) is 24.4 Å². The maximum atomic E-state index is 12.5. The summed E-state index contributed by atoms with van der Waals surface area (Å²) in [4.78, 5) is 14.9. The lowest BCUT2D eigenvalue weighted by molar-refractivity contribution is 0.0913. The van der Waals surface area contributed by atoms with Crippen LogP contribution in [-0.2, 0) is 6.54 Å². The van der Waals surface area contributed by atoms with E-state index in [1.54, 1.807) is 20.3 Å². The molecular formula is C21H28N2O4. The molecule has 0 saturated carbocycles. The zero-order chi connectivity index (χ0) is 19.2. The minimum absolute atomic E-state index is 0.185. The fourth-order valence-electron chi connectivity index (χ4n) is 3.54. The Hall–Kier alpha value is -2.47. The smallest absolute Gasteiger partial charge is 0.287 e. The summed E-state index contributed by atoms with van der Waals surface area (Å²) >= 11 is 0. The number of ether oxygens (including phenoxy) is 2. The quantitative estimate of drug-likeness (QED) is 0.801. The van der Waals surface area contributed by atoms with Gasteiger partial charge in [-0.25, -0.2) is 0 Å². The molecule has 1 aliphatic rings. The number of methoxy groups -OCH3 is 2. The first-order chi connectivity index (χ1) is 13.1. The van der Waals surface area contributed by atoms with Gasteiger partial charge in [0.1, 0.15) is 5.76 Å². The Morgan fingerprint density at radius 2 is 1.93 bits per heavy atom. The Bertz CT molecular complexity index is 765. The number of amides is 1. The molecule has 6 heteroatoms. The molecule has 146 valence electrons. The van der Waals surface area contributed by atoms with Gasteiger partial charge in [0.15, 0.2) is 17.3 Å². The minimum atomic E-state index is -0.239. The molecule has 1 atom stereocenters. The van der Waals surface area contributed by atoms with E-state index in [9.17, 15) is 4.79 Å². The number of carbonyl (C=O) groups is 1. The molecule has 3 rings (SSSR count). The normalized spacial score (nSPS) is 16.0. The molecule has 0 radical (unpaired) electrons. The van der Waals surface area contributed by atoms with E-state index in [2.05, 4.69) is 17.1 Å². The van der Waals surface area contributed by atoms with E-state index < -0.39 is 0 Å². The van der Waals surface area contributed by atoms with Crippen LogP contribution in [-0.4, -0.2) is 38.1 Å². The summed E-state index contributed by atoms with van der Waals surface area (Å²) in [6.45, 7) is 4.63. The number of likely N-dealkylation sites (tertiary alicyclic amines) is 1. The molecule has 1 aliphatic heterocycles. The second-order valence-corrected chi connectivity index (χ2v) is 6.81. The van der Waals surface area contributed by atoms with Gasteiger partial charge in [0.25, 0.3) is 5.91 Å². The van der Waals surface area contributed by atoms with Crippen LogP contribution in [0.15, 0.2) is 34.7 Å². The van der Waals surface area contributed by atoms with Crippen LogP contribution in [0.4, 0.5) is 0 Å². The highest BCUT2D eigenvalue weighted by Gasteiger charge is 2.22. The van der Waals surface area contributed by atoms with Crippen LogP contribution in [0.2, 0.25) is 0 Å². The number of carbonyl (C=O) groups excluding carboxylic acids is 1. The van der Waals surface area contributed by atoms with E-state index in [-0.39, 0.29) is 11.9 Å². The average molecular weight is 372 g/mol. The zero-order valence-corrected chi connectivity index (χ0v) is 16.3. The lowest BCUT2D eigenvalue weighted by atomic mass is 10.1. The van der Waals surface area contributed by atoms with Crippen molar-refractivity contribution in [2.75, 3.05) is 27.3 Å². The molecule has 0 aliphatic carbocycles. The Labute approximate surface area is 160 Å². The molecular weight excluding hydrogens is 344 g/mol. The second kappa shape index (κ2) is 8.95. The van der Waals surface area contributed by atoms with Crippen molar-refractivity contribution in [2.45, 2.75) is 38.8 Å². The van der Waals surface area contributed by atoms with Crippen LogP contribution in [0.3, 0.4) is 0 Å². The molecule has 1 unspecified atom stereocenters. The van der Waals surface area contributed by atoms with Gasteiger partial charge in [-0.2, -0.15) is 0 Å². The molecule has 27 heavy (non-hydrogen) atoms. The summed E-state index contributed by atoms with van der Waals surface area (Å²) in [6.07, 6.45) is 3.74. The molecule has 1 aromatic carbocycles. The van der Waals surface area contributed by atoms with Gasteiger partial charge in [-0.15, -0.1) is 0 Å². The Morgan fingerprint density at radius 1 is 1.15 bits per heavy atom. The Balaban J connectivity index is 1.63. The molecule has 0 bridgehead atoms. The SMILES string of the molecule is COc1cccc(CNC(=O)c2ccc(C(C)N3CCCCC3)o2)c1OC. The number of benzene rings is 1. The van der Waals surface area contributed by atoms with Gasteiger partial charge in [-0.05, 0) is 51.1 Å². The Morgan fingerprint density at radius 3 is 2.63 bits per heavy atom. The third kappa shape index (κ3) is 4.45. The van der Waals surface area contributed by atoms with Crippen molar-refractivity contribution in [2.24, 2.45) is 0 Å². The molecule has 2 heterocycles. The summed E-state index contributed by atoms with van der Waals surface area (Å²) in [5.74, 6) is 2.19. The zero-order valence-electron chi connectivity index (χ0n) is 16.3. The molecule has 1 amide bonds. The summed E-state index contributed by atoms with van der Waals surface area (Å²) in [5, 5.41) is 2.89. The third-order valence-corrected chi connectivity index (χ3v) is 5.12. The standard InChI is InChI=1S/C21H28N2O4/c1-15(23-12-5-4-6-13-23)17-10-11-19(27-17)21(24)22-14-16-8-7-9-18(25-2)20(16)26-3/h7-11,15H,4-6,12-14H2,1-3H3,(H,22,24). The lowest BCUT2D eigenvalue weighted by Crippen LogP contribution is -2.32. The van der Waals surface area contributed by atoms with Crippen molar-refractivity contribution < 1.29 is 18.7 Å². The minimum Gasteiger partial charge on any atom is -0.493 e. The number of piperidine rings is 1. The van der Waals surface area contributed by atoms with Crippen LogP contribution in [0, 0.1) is 0 Å². The fraction of sp³-hybridized carbons (Fsp3) is 0.476. The molecule has 6 nitrogen and oxygen atoms in total. The lowest BCUT2D eigenvalue weighted by Gasteiger charge is -2.31. The highest BCUT2D eigenvalue weighted by atomic mass is 16.5. The summed E-state index contributed by atoms with van der Waals surface area (Å²) in [6, 6.07) is 9.42. The van der Waals surface area contributed by atoms with E-state index in [1.807, 2.05) is 24.3 Å². The van der Waals surface area contributed by atoms with Crippen molar-refractivity contribution in [3.05, 3.63) is 47.4 Å². The monoisotopic (exact) mass is 372 g/mol. The summed E-state index contributed by atoms with van der Waals surface area (Å²) in [5.41, 5.74) is 0.846. The maximum Gasteiger partial charge on any atom is 0.287 e. The predicted molar refractivity (Wildman–Crippen MR) is 103 cm³/mol. The highest BCUT2D eigenvalue weighted by Crippen LogP contribution is 2.30. The van der Waals surface area contributed by atoms with E-state index in [4.69, 9.17) is 13.9 Å². The largest absolute Gasteiger partial charge is 0.493 e. The summed E-state index contributed by atoms with van der Waals surface area (Å²) < 4.78 is 16.5. The van der Waals surface area contributed by atoms with Crippen molar-refractivity contribution >= 4 is 5.91 Å². The van der Waals surface area contributed by atoms with Gasteiger partial charge in [0.2, 0.25) is 0 Å². The predicted octanol–water partition coefficient (Wildman–Crippen LogP) is 3.77. The number of nitrogens with zero attached hydrogens (tertiary/aromatic N) is 1. The van der Waals surface area contributed by atoms with Crippen LogP contribution in [0.1, 0.15) is 54.1 Å². The first-order valence-electron chi connectivity index (χ1n) is 9.46. The topological polar surface area (TPSA) is 63.9 Å². The number of para-hydroxylation sites is 1. The van der Waals surface area contributed by atoms with Crippen molar-refractivity contribution in [1.29, 1.82) is 0 Å². The fourth-order valence-corrected chi connectivity index (χ4v) is 3.54. The van der Waals surface area contributed by atoms with Crippen molar-refractivity contribution in [3.8, 4) is 11.5 Å². The number of hydrogen-bond donors (Lipinski definition) is 1. The molecule has 1 aromatic heterocycles. The van der Waals surface area contributed by atoms with Gasteiger partial charge >= 0.3 is 0 Å². The molecule has 0 spiro atoms. The van der Waals surface area contributed by atoms with E-state index in [1.165, 1.54) is 19.3 Å². The molecule has 1 N–H and O–H groups in total. The van der Waals surface area contributed by atoms with Gasteiger partial charge in [-0.3, -0.25) is 9.69 Å². The number of furan rings is 1. The van der Waals surface area contributed by atoms with Crippen LogP contribution in [0.25, 0.3) is 0 Å². The van der Waals surface area contributed by atoms with Crippen LogP contribution >= 0.6 is 0 Å². The molecule has 1 fully saturated rings. The van der Waals surface area contributed by atoms with Gasteiger partial charge in [0.05, 0.1) is 20.3 Å². The second-order valence-electron chi connectivity index (χ2n) is 6.81. The molecule has 2 aromatic rings. The number of rotatable bonds is 7. The van der Waals surface area contributed by atoms with Crippen LogP contribution in [0.5, 0.6) is 11.5 Å². The maximum absolute atomic E-state index is 12.5. The number of nitrogens with one attached hydrogen (secondary N) is 1. The third-order valence-electron chi connectivity index (χ3n) is 5.12. The van der Waals surface area contributed by atoms with Crippen molar-refractivity contribution in [1.82, 2.24) is 10.2 Å². The van der Waals surface area contributed by atoms with Gasteiger partial charge in [-0.1, -0.05) is 18.6 Å². The first-order valence-corrected chi connectivity index (χ1v) is 9.46. The first kappa shape index (κ1) is 19.3. The highest BCUT2D eigenvalue weighted by molar-refractivity contribution is 5.91. The number of hydrogen-bond acceptors (Lipinski definition) is 5. The van der Waals surface area contributed by atoms with Gasteiger partial charge in [0, 0.05) is 12.1 Å². The van der Waals surface area contributed by atoms with Crippen molar-refractivity contribution in [3.63, 3.8) is 0 Å². The van der Waals surface area contributed by atoms with E-state index >= 15 is 0 Å². The Kier molecular flexibility index (Phi) is 6.40. The molecule has 1 saturated heterocycles. The van der Waals surface area contributed by atoms with Gasteiger partial charge < -0.3 is 19.2 Å². The van der Waals surface area contributed by atoms with E-state index in [0.29, 0.717) is 23.8 Å².